The molecule has 4 aromatic rings. The molecule has 0 saturated carbocycles. The van der Waals surface area contributed by atoms with Gasteiger partial charge in [0.2, 0.25) is 0 Å². The van der Waals surface area contributed by atoms with Crippen molar-refractivity contribution in [1.82, 2.24) is 24.3 Å². The van der Waals surface area contributed by atoms with Gasteiger partial charge >= 0.3 is 5.91 Å². The summed E-state index contributed by atoms with van der Waals surface area (Å²) in [5.74, 6) is -0.716. The molecule has 4 aromatic heterocycles. The Bertz CT molecular complexity index is 1360. The van der Waals surface area contributed by atoms with Crippen LogP contribution in [0.3, 0.4) is 0 Å². The van der Waals surface area contributed by atoms with Gasteiger partial charge in [0.25, 0.3) is 11.4 Å². The van der Waals surface area contributed by atoms with Gasteiger partial charge in [0.15, 0.2) is 5.65 Å². The van der Waals surface area contributed by atoms with E-state index in [9.17, 15) is 9.59 Å². The number of nitrogens with two attached hydrogens (primary N) is 2. The first-order valence-corrected chi connectivity index (χ1v) is 9.24. The number of fused-ring (bicyclic) bond motifs is 3. The second kappa shape index (κ2) is 6.98. The molecule has 148 valence electrons. The van der Waals surface area contributed by atoms with Crippen LogP contribution in [0.15, 0.2) is 33.4 Å². The molecule has 0 unspecified atom stereocenters. The van der Waals surface area contributed by atoms with E-state index < -0.39 is 5.91 Å². The fourth-order valence-corrected chi connectivity index (χ4v) is 4.14. The van der Waals surface area contributed by atoms with Gasteiger partial charge in [0, 0.05) is 30.8 Å². The van der Waals surface area contributed by atoms with E-state index in [2.05, 4.69) is 15.1 Å². The minimum absolute atomic E-state index is 0.0114. The minimum atomic E-state index is -0.785. The van der Waals surface area contributed by atoms with Crippen LogP contribution in [0.25, 0.3) is 21.3 Å². The fraction of sp³-hybridized carbons (Fsp3) is 0.176. The molecule has 1 amide bonds. The van der Waals surface area contributed by atoms with Crippen LogP contribution in [0.5, 0.6) is 0 Å². The first-order valence-electron chi connectivity index (χ1n) is 8.42. The predicted octanol–water partition coefficient (Wildman–Crippen LogP) is 0.515. The Labute approximate surface area is 166 Å². The number of rotatable bonds is 6. The van der Waals surface area contributed by atoms with Crippen molar-refractivity contribution in [1.29, 1.82) is 5.41 Å². The number of carbonyl (C=O) groups is 1. The average Bonchev–Trinajstić information content (AvgIpc) is 3.35. The molecule has 4 rings (SSSR count). The van der Waals surface area contributed by atoms with Crippen LogP contribution in [0.2, 0.25) is 0 Å². The third kappa shape index (κ3) is 3.18. The maximum absolute atomic E-state index is 13.0. The number of hydrogen-bond donors (Lipinski definition) is 3. The van der Waals surface area contributed by atoms with Gasteiger partial charge < -0.3 is 25.9 Å². The van der Waals surface area contributed by atoms with E-state index in [-0.39, 0.29) is 23.8 Å². The zero-order chi connectivity index (χ0) is 20.7. The molecule has 0 aliphatic rings. The summed E-state index contributed by atoms with van der Waals surface area (Å²) in [6.07, 6.45) is 6.00. The topological polar surface area (TPSA) is 172 Å². The highest BCUT2D eigenvalue weighted by Gasteiger charge is 2.19. The largest absolute Gasteiger partial charge is 0.436 e. The van der Waals surface area contributed by atoms with Crippen LogP contribution in [0.4, 0.5) is 0 Å². The Hall–Kier alpha value is -3.80. The molecule has 0 aliphatic heterocycles. The molecule has 5 N–H and O–H groups in total. The number of allylic oxidation sites excluding steroid dienone is 2. The van der Waals surface area contributed by atoms with Crippen molar-refractivity contribution >= 4 is 44.7 Å². The molecule has 0 aromatic carbocycles. The first kappa shape index (κ1) is 18.6. The lowest BCUT2D eigenvalue weighted by Crippen LogP contribution is -2.24. The molecule has 0 aliphatic carbocycles. The number of nitrogens with one attached hydrogen (secondary N) is 1. The van der Waals surface area contributed by atoms with E-state index in [1.54, 1.807) is 17.8 Å². The number of amides is 1. The molecule has 0 radical (unpaired) electrons. The lowest BCUT2D eigenvalue weighted by Gasteiger charge is -2.03. The lowest BCUT2D eigenvalue weighted by atomic mass is 10.3. The van der Waals surface area contributed by atoms with E-state index in [0.29, 0.717) is 28.7 Å². The summed E-state index contributed by atoms with van der Waals surface area (Å²) in [7, 11) is 1.76. The van der Waals surface area contributed by atoms with Gasteiger partial charge in [-0.1, -0.05) is 0 Å². The number of thiazole rings is 1. The van der Waals surface area contributed by atoms with E-state index in [1.807, 2.05) is 0 Å². The average molecular weight is 412 g/mol. The van der Waals surface area contributed by atoms with Gasteiger partial charge in [0.1, 0.15) is 22.8 Å². The highest BCUT2D eigenvalue weighted by atomic mass is 32.1. The van der Waals surface area contributed by atoms with Crippen molar-refractivity contribution in [2.75, 3.05) is 0 Å². The minimum Gasteiger partial charge on any atom is -0.436 e. The SMILES string of the molecule is Cn1c2nc(CC(N)=CC=N)sc2c2cnn(Cc3cnc(C(N)=O)o3)c(=O)c21. The molecule has 29 heavy (non-hydrogen) atoms. The van der Waals surface area contributed by atoms with E-state index in [4.69, 9.17) is 21.3 Å². The standard InChI is InChI=1S/C17H16N8O3S/c1-24-12-10(13-15(24)23-11(29-13)4-8(19)2-3-18)6-22-25(17(12)27)7-9-5-21-16(28-9)14(20)26/h2-3,5-6,18H,4,7,19H2,1H3,(H2,20,26). The van der Waals surface area contributed by atoms with E-state index >= 15 is 0 Å². The molecular weight excluding hydrogens is 396 g/mol. The molecule has 0 bridgehead atoms. The smallest absolute Gasteiger partial charge is 0.304 e. The zero-order valence-electron chi connectivity index (χ0n) is 15.2. The second-order valence-electron chi connectivity index (χ2n) is 6.27. The molecule has 0 atom stereocenters. The summed E-state index contributed by atoms with van der Waals surface area (Å²) in [5.41, 5.74) is 12.3. The van der Waals surface area contributed by atoms with Crippen molar-refractivity contribution in [3.8, 4) is 0 Å². The van der Waals surface area contributed by atoms with Crippen LogP contribution in [-0.2, 0) is 20.0 Å². The van der Waals surface area contributed by atoms with E-state index in [1.165, 1.54) is 28.3 Å². The number of nitrogens with zero attached hydrogens (tertiary/aromatic N) is 5. The molecule has 11 nitrogen and oxygen atoms in total. The Kier molecular flexibility index (Phi) is 4.47. The second-order valence-corrected chi connectivity index (χ2v) is 7.35. The van der Waals surface area contributed by atoms with Crippen LogP contribution in [-0.4, -0.2) is 36.4 Å². The number of carbonyl (C=O) groups excluding carboxylic acids is 1. The Morgan fingerprint density at radius 3 is 2.86 bits per heavy atom. The Morgan fingerprint density at radius 2 is 2.17 bits per heavy atom. The van der Waals surface area contributed by atoms with Crippen molar-refractivity contribution in [3.05, 3.63) is 51.2 Å². The molecule has 4 heterocycles. The van der Waals surface area contributed by atoms with Crippen LogP contribution in [0.1, 0.15) is 21.5 Å². The Morgan fingerprint density at radius 1 is 1.38 bits per heavy atom. The van der Waals surface area contributed by atoms with Crippen molar-refractivity contribution < 1.29 is 9.21 Å². The van der Waals surface area contributed by atoms with Crippen LogP contribution >= 0.6 is 11.3 Å². The molecular formula is C17H16N8O3S. The zero-order valence-corrected chi connectivity index (χ0v) is 16.1. The van der Waals surface area contributed by atoms with Gasteiger partial charge in [-0.25, -0.2) is 14.6 Å². The first-order chi connectivity index (χ1) is 13.9. The summed E-state index contributed by atoms with van der Waals surface area (Å²) in [4.78, 5) is 32.4. The molecule has 0 saturated heterocycles. The van der Waals surface area contributed by atoms with Crippen molar-refractivity contribution in [3.63, 3.8) is 0 Å². The lowest BCUT2D eigenvalue weighted by molar-refractivity contribution is 0.0965. The normalized spacial score (nSPS) is 12.1. The summed E-state index contributed by atoms with van der Waals surface area (Å²) in [5, 5.41) is 12.8. The quantitative estimate of drug-likeness (QED) is 0.387. The highest BCUT2D eigenvalue weighted by molar-refractivity contribution is 7.19. The summed E-state index contributed by atoms with van der Waals surface area (Å²) in [6, 6.07) is 0. The molecule has 0 spiro atoms. The van der Waals surface area contributed by atoms with Crippen molar-refractivity contribution in [2.24, 2.45) is 18.5 Å². The summed E-state index contributed by atoms with van der Waals surface area (Å²) in [6.45, 7) is 0.0114. The van der Waals surface area contributed by atoms with E-state index in [0.717, 1.165) is 15.9 Å². The van der Waals surface area contributed by atoms with Gasteiger partial charge in [0.05, 0.1) is 17.1 Å². The number of primary amides is 1. The summed E-state index contributed by atoms with van der Waals surface area (Å²) < 4.78 is 9.01. The number of aryl methyl sites for hydroxylation is 1. The highest BCUT2D eigenvalue weighted by Crippen LogP contribution is 2.31. The van der Waals surface area contributed by atoms with Gasteiger partial charge in [-0.05, 0) is 6.08 Å². The van der Waals surface area contributed by atoms with Crippen LogP contribution < -0.4 is 17.0 Å². The van der Waals surface area contributed by atoms with Crippen molar-refractivity contribution in [2.45, 2.75) is 13.0 Å². The maximum atomic E-state index is 13.0. The van der Waals surface area contributed by atoms with Crippen LogP contribution in [0, 0.1) is 5.41 Å². The van der Waals surface area contributed by atoms with Gasteiger partial charge in [-0.3, -0.25) is 9.59 Å². The van der Waals surface area contributed by atoms with Gasteiger partial charge in [-0.15, -0.1) is 11.3 Å². The number of hydrogen-bond acceptors (Lipinski definition) is 9. The molecule has 12 heteroatoms. The maximum Gasteiger partial charge on any atom is 0.304 e. The number of oxazole rings is 1. The summed E-state index contributed by atoms with van der Waals surface area (Å²) >= 11 is 1.43. The number of aromatic nitrogens is 5. The third-order valence-corrected chi connectivity index (χ3v) is 5.37. The fourth-order valence-electron chi connectivity index (χ4n) is 3.00. The third-order valence-electron chi connectivity index (χ3n) is 4.29. The molecule has 0 fully saturated rings. The Balaban J connectivity index is 1.75. The predicted molar refractivity (Wildman–Crippen MR) is 107 cm³/mol. The van der Waals surface area contributed by atoms with Gasteiger partial charge in [-0.2, -0.15) is 5.10 Å². The monoisotopic (exact) mass is 412 g/mol.